The number of hydrogen-bond donors (Lipinski definition) is 1. The van der Waals surface area contributed by atoms with Gasteiger partial charge in [0.2, 0.25) is 0 Å². The molecule has 20 heavy (non-hydrogen) atoms. The van der Waals surface area contributed by atoms with Gasteiger partial charge in [-0.2, -0.15) is 0 Å². The Hall–Kier alpha value is -0.800. The zero-order valence-corrected chi connectivity index (χ0v) is 13.1. The van der Waals surface area contributed by atoms with Gasteiger partial charge in [-0.05, 0) is 44.6 Å². The number of aryl methyl sites for hydroxylation is 1. The average Bonchev–Trinajstić information content (AvgIpc) is 3.25. The second-order valence-electron chi connectivity index (χ2n) is 6.93. The van der Waals surface area contributed by atoms with Gasteiger partial charge >= 0.3 is 0 Å². The lowest BCUT2D eigenvalue weighted by molar-refractivity contribution is 0.223. The Kier molecular flexibility index (Phi) is 4.18. The summed E-state index contributed by atoms with van der Waals surface area (Å²) in [5, 5.41) is 3.47. The lowest BCUT2D eigenvalue weighted by Gasteiger charge is -2.20. The minimum absolute atomic E-state index is 0.519. The van der Waals surface area contributed by atoms with Crippen molar-refractivity contribution < 1.29 is 4.42 Å². The summed E-state index contributed by atoms with van der Waals surface area (Å²) in [7, 11) is 0. The van der Waals surface area contributed by atoms with Crippen molar-refractivity contribution in [3.05, 3.63) is 23.2 Å². The molecule has 2 aliphatic rings. The number of nitrogens with zero attached hydrogens (tertiary/aromatic N) is 1. The second kappa shape index (κ2) is 5.90. The van der Waals surface area contributed by atoms with E-state index in [1.807, 2.05) is 0 Å². The molecular formula is C17H28N2O. The molecule has 0 aromatic carbocycles. The van der Waals surface area contributed by atoms with Crippen LogP contribution < -0.4 is 5.32 Å². The number of hydrogen-bond acceptors (Lipinski definition) is 3. The van der Waals surface area contributed by atoms with Gasteiger partial charge < -0.3 is 9.73 Å². The van der Waals surface area contributed by atoms with Crippen LogP contribution in [0.1, 0.15) is 56.6 Å². The molecule has 2 saturated carbocycles. The van der Waals surface area contributed by atoms with Crippen molar-refractivity contribution in [1.82, 2.24) is 10.2 Å². The first-order chi connectivity index (χ1) is 9.61. The van der Waals surface area contributed by atoms with Gasteiger partial charge in [-0.15, -0.1) is 0 Å². The summed E-state index contributed by atoms with van der Waals surface area (Å²) in [5.74, 6) is 3.19. The van der Waals surface area contributed by atoms with E-state index in [-0.39, 0.29) is 0 Å². The van der Waals surface area contributed by atoms with Gasteiger partial charge in [0.15, 0.2) is 0 Å². The number of furan rings is 1. The topological polar surface area (TPSA) is 28.4 Å². The maximum atomic E-state index is 5.98. The molecule has 1 aromatic heterocycles. The van der Waals surface area contributed by atoms with Crippen molar-refractivity contribution in [2.75, 3.05) is 6.54 Å². The molecule has 0 radical (unpaired) electrons. The highest BCUT2D eigenvalue weighted by atomic mass is 16.3. The van der Waals surface area contributed by atoms with Gasteiger partial charge in [0.05, 0.1) is 6.54 Å². The fraction of sp³-hybridized carbons (Fsp3) is 0.765. The summed E-state index contributed by atoms with van der Waals surface area (Å²) in [5.41, 5.74) is 1.32. The average molecular weight is 276 g/mol. The van der Waals surface area contributed by atoms with Crippen molar-refractivity contribution in [2.45, 2.75) is 71.6 Å². The highest BCUT2D eigenvalue weighted by Gasteiger charge is 2.34. The smallest absolute Gasteiger partial charge is 0.118 e. The van der Waals surface area contributed by atoms with Crippen LogP contribution in [-0.2, 0) is 13.1 Å². The van der Waals surface area contributed by atoms with Crippen LogP contribution in [0.4, 0.5) is 0 Å². The first-order valence-electron chi connectivity index (χ1n) is 8.17. The van der Waals surface area contributed by atoms with Gasteiger partial charge in [-0.3, -0.25) is 4.90 Å². The second-order valence-corrected chi connectivity index (χ2v) is 6.93. The Labute approximate surface area is 122 Å². The van der Waals surface area contributed by atoms with Gasteiger partial charge in [-0.1, -0.05) is 13.8 Å². The summed E-state index contributed by atoms with van der Waals surface area (Å²) in [6, 6.07) is 3.61. The van der Waals surface area contributed by atoms with Crippen LogP contribution in [0.15, 0.2) is 10.5 Å². The zero-order chi connectivity index (χ0) is 14.1. The fourth-order valence-electron chi connectivity index (χ4n) is 2.77. The Morgan fingerprint density at radius 2 is 2.05 bits per heavy atom. The van der Waals surface area contributed by atoms with Crippen LogP contribution in [-0.4, -0.2) is 23.5 Å². The van der Waals surface area contributed by atoms with Gasteiger partial charge in [0.25, 0.3) is 0 Å². The molecule has 0 atom stereocenters. The predicted molar refractivity (Wildman–Crippen MR) is 81.6 cm³/mol. The maximum Gasteiger partial charge on any atom is 0.118 e. The Morgan fingerprint density at radius 3 is 2.65 bits per heavy atom. The van der Waals surface area contributed by atoms with Gasteiger partial charge in [-0.25, -0.2) is 0 Å². The highest BCUT2D eigenvalue weighted by Crippen LogP contribution is 2.35. The largest absolute Gasteiger partial charge is 0.465 e. The van der Waals surface area contributed by atoms with E-state index in [1.165, 1.54) is 37.8 Å². The van der Waals surface area contributed by atoms with E-state index < -0.39 is 0 Å². The fourth-order valence-corrected chi connectivity index (χ4v) is 2.77. The van der Waals surface area contributed by atoms with E-state index in [1.54, 1.807) is 0 Å². The molecular weight excluding hydrogens is 248 g/mol. The third kappa shape index (κ3) is 3.86. The van der Waals surface area contributed by atoms with E-state index in [9.17, 15) is 0 Å². The lowest BCUT2D eigenvalue weighted by Crippen LogP contribution is -2.27. The molecule has 3 nitrogen and oxygen atoms in total. The van der Waals surface area contributed by atoms with Crippen LogP contribution in [0.5, 0.6) is 0 Å². The summed E-state index contributed by atoms with van der Waals surface area (Å²) in [6.45, 7) is 9.65. The number of rotatable bonds is 8. The lowest BCUT2D eigenvalue weighted by atomic mass is 10.2. The van der Waals surface area contributed by atoms with Crippen molar-refractivity contribution in [1.29, 1.82) is 0 Å². The molecule has 0 bridgehead atoms. The monoisotopic (exact) mass is 276 g/mol. The maximum absolute atomic E-state index is 5.98. The van der Waals surface area contributed by atoms with Crippen molar-refractivity contribution in [3.63, 3.8) is 0 Å². The molecule has 112 valence electrons. The molecule has 0 unspecified atom stereocenters. The van der Waals surface area contributed by atoms with Crippen LogP contribution in [0, 0.1) is 12.8 Å². The molecule has 0 saturated heterocycles. The summed E-state index contributed by atoms with van der Waals surface area (Å²) < 4.78 is 5.98. The molecule has 2 aliphatic carbocycles. The molecule has 2 fully saturated rings. The molecule has 1 N–H and O–H groups in total. The third-order valence-electron chi connectivity index (χ3n) is 4.38. The predicted octanol–water partition coefficient (Wildman–Crippen LogP) is 3.46. The SMILES string of the molecule is Cc1oc(CN(CC2CC2)C2CC2)cc1CNC(C)C. The van der Waals surface area contributed by atoms with E-state index in [2.05, 4.69) is 37.1 Å². The number of nitrogens with one attached hydrogen (secondary N) is 1. The van der Waals surface area contributed by atoms with E-state index in [4.69, 9.17) is 4.42 Å². The van der Waals surface area contributed by atoms with E-state index in [0.717, 1.165) is 36.6 Å². The zero-order valence-electron chi connectivity index (χ0n) is 13.1. The molecule has 3 heteroatoms. The van der Waals surface area contributed by atoms with Crippen molar-refractivity contribution >= 4 is 0 Å². The van der Waals surface area contributed by atoms with Crippen LogP contribution >= 0.6 is 0 Å². The standard InChI is InChI=1S/C17H28N2O/c1-12(2)18-9-15-8-17(20-13(15)3)11-19(16-6-7-16)10-14-4-5-14/h8,12,14,16,18H,4-7,9-11H2,1-3H3. The summed E-state index contributed by atoms with van der Waals surface area (Å²) in [4.78, 5) is 2.65. The van der Waals surface area contributed by atoms with Crippen molar-refractivity contribution in [3.8, 4) is 0 Å². The van der Waals surface area contributed by atoms with Crippen LogP contribution in [0.3, 0.4) is 0 Å². The Morgan fingerprint density at radius 1 is 1.30 bits per heavy atom. The molecule has 3 rings (SSSR count). The quantitative estimate of drug-likeness (QED) is 0.788. The highest BCUT2D eigenvalue weighted by molar-refractivity contribution is 5.21. The first kappa shape index (κ1) is 14.2. The first-order valence-corrected chi connectivity index (χ1v) is 8.17. The van der Waals surface area contributed by atoms with Gasteiger partial charge in [0.1, 0.15) is 11.5 Å². The Bertz CT molecular complexity index is 444. The van der Waals surface area contributed by atoms with Crippen molar-refractivity contribution in [2.24, 2.45) is 5.92 Å². The summed E-state index contributed by atoms with van der Waals surface area (Å²) >= 11 is 0. The molecule has 1 aromatic rings. The molecule has 0 aliphatic heterocycles. The minimum atomic E-state index is 0.519. The molecule has 1 heterocycles. The summed E-state index contributed by atoms with van der Waals surface area (Å²) in [6.07, 6.45) is 5.64. The Balaban J connectivity index is 1.59. The normalized spacial score (nSPS) is 19.2. The third-order valence-corrected chi connectivity index (χ3v) is 4.38. The van der Waals surface area contributed by atoms with Crippen LogP contribution in [0.2, 0.25) is 0 Å². The van der Waals surface area contributed by atoms with E-state index >= 15 is 0 Å². The molecule has 0 amide bonds. The molecule has 0 spiro atoms. The van der Waals surface area contributed by atoms with E-state index in [0.29, 0.717) is 6.04 Å². The van der Waals surface area contributed by atoms with Crippen LogP contribution in [0.25, 0.3) is 0 Å². The van der Waals surface area contributed by atoms with Gasteiger partial charge in [0, 0.05) is 30.7 Å². The minimum Gasteiger partial charge on any atom is -0.465 e.